The monoisotopic (exact) mass is 371 g/mol. The zero-order chi connectivity index (χ0) is 15.6. The largest absolute Gasteiger partial charge is 0.264 e. The molecular weight excluding hydrogens is 357 g/mol. The number of hydrogen-bond acceptors (Lipinski definition) is 2. The van der Waals surface area contributed by atoms with Gasteiger partial charge in [0.2, 0.25) is 0 Å². The molecule has 0 amide bonds. The molecule has 0 unspecified atom stereocenters. The summed E-state index contributed by atoms with van der Waals surface area (Å²) >= 11 is 3.34. The summed E-state index contributed by atoms with van der Waals surface area (Å²) in [5, 5.41) is 0. The molecule has 0 bridgehead atoms. The van der Waals surface area contributed by atoms with Gasteiger partial charge in [-0.05, 0) is 49.7 Å². The molecule has 6 heteroatoms. The molecular formula is C15H15BrFNO2S. The van der Waals surface area contributed by atoms with Gasteiger partial charge in [0.05, 0.1) is 10.6 Å². The van der Waals surface area contributed by atoms with Crippen molar-refractivity contribution in [1.82, 2.24) is 0 Å². The lowest BCUT2D eigenvalue weighted by atomic mass is 10.2. The summed E-state index contributed by atoms with van der Waals surface area (Å²) in [6.07, 6.45) is 0. The maximum atomic E-state index is 13.9. The third-order valence-corrected chi connectivity index (χ3v) is 5.90. The van der Waals surface area contributed by atoms with Crippen molar-refractivity contribution in [3.05, 3.63) is 58.3 Å². The summed E-state index contributed by atoms with van der Waals surface area (Å²) in [4.78, 5) is 0.147. The van der Waals surface area contributed by atoms with E-state index in [2.05, 4.69) is 15.9 Å². The lowest BCUT2D eigenvalue weighted by Gasteiger charge is -2.23. The molecule has 0 N–H and O–H groups in total. The number of anilines is 1. The van der Waals surface area contributed by atoms with E-state index in [4.69, 9.17) is 0 Å². The maximum absolute atomic E-state index is 13.9. The van der Waals surface area contributed by atoms with Crippen molar-refractivity contribution in [1.29, 1.82) is 0 Å². The summed E-state index contributed by atoms with van der Waals surface area (Å²) in [7, 11) is -3.79. The van der Waals surface area contributed by atoms with E-state index in [0.717, 1.165) is 14.3 Å². The number of sulfonamides is 1. The van der Waals surface area contributed by atoms with Gasteiger partial charge < -0.3 is 0 Å². The highest BCUT2D eigenvalue weighted by Gasteiger charge is 2.25. The van der Waals surface area contributed by atoms with E-state index in [1.54, 1.807) is 25.1 Å². The van der Waals surface area contributed by atoms with Crippen molar-refractivity contribution in [2.24, 2.45) is 0 Å². The normalized spacial score (nSPS) is 11.4. The first kappa shape index (κ1) is 16.0. The number of hydrogen-bond donors (Lipinski definition) is 0. The van der Waals surface area contributed by atoms with Crippen LogP contribution in [0.5, 0.6) is 0 Å². The van der Waals surface area contributed by atoms with Gasteiger partial charge in [-0.3, -0.25) is 4.31 Å². The maximum Gasteiger partial charge on any atom is 0.264 e. The van der Waals surface area contributed by atoms with Gasteiger partial charge in [-0.1, -0.05) is 28.1 Å². The van der Waals surface area contributed by atoms with Crippen molar-refractivity contribution in [2.45, 2.75) is 18.7 Å². The van der Waals surface area contributed by atoms with Crippen LogP contribution >= 0.6 is 15.9 Å². The molecule has 112 valence electrons. The lowest BCUT2D eigenvalue weighted by molar-refractivity contribution is 0.586. The molecule has 21 heavy (non-hydrogen) atoms. The van der Waals surface area contributed by atoms with E-state index in [1.165, 1.54) is 24.3 Å². The molecule has 0 saturated heterocycles. The zero-order valence-electron chi connectivity index (χ0n) is 11.7. The lowest BCUT2D eigenvalue weighted by Crippen LogP contribution is -2.31. The molecule has 0 aliphatic rings. The summed E-state index contributed by atoms with van der Waals surface area (Å²) in [6, 6.07) is 10.6. The number of rotatable bonds is 4. The van der Waals surface area contributed by atoms with Gasteiger partial charge in [-0.15, -0.1) is 0 Å². The molecule has 0 heterocycles. The minimum Gasteiger partial charge on any atom is -0.264 e. The van der Waals surface area contributed by atoms with Crippen LogP contribution in [-0.4, -0.2) is 15.0 Å². The van der Waals surface area contributed by atoms with Crippen LogP contribution < -0.4 is 4.31 Å². The third-order valence-electron chi connectivity index (χ3n) is 3.13. The van der Waals surface area contributed by atoms with Crippen LogP contribution in [0, 0.1) is 12.7 Å². The summed E-state index contributed by atoms with van der Waals surface area (Å²) in [5.74, 6) is -0.559. The predicted octanol–water partition coefficient (Wildman–Crippen LogP) is 4.11. The van der Waals surface area contributed by atoms with E-state index in [-0.39, 0.29) is 17.1 Å². The molecule has 2 aromatic carbocycles. The minimum absolute atomic E-state index is 0.0561. The molecule has 0 saturated carbocycles. The second-order valence-corrected chi connectivity index (χ2v) is 7.25. The minimum atomic E-state index is -3.79. The van der Waals surface area contributed by atoms with Crippen LogP contribution in [0.1, 0.15) is 12.5 Å². The summed E-state index contributed by atoms with van der Waals surface area (Å²) < 4.78 is 41.3. The van der Waals surface area contributed by atoms with Crippen molar-refractivity contribution in [3.63, 3.8) is 0 Å². The molecule has 2 rings (SSSR count). The molecule has 0 aliphatic heterocycles. The van der Waals surface area contributed by atoms with Crippen molar-refractivity contribution in [2.75, 3.05) is 10.8 Å². The van der Waals surface area contributed by atoms with E-state index in [9.17, 15) is 12.8 Å². The molecule has 2 aromatic rings. The average molecular weight is 372 g/mol. The number of halogens is 2. The Kier molecular flexibility index (Phi) is 4.68. The fourth-order valence-electron chi connectivity index (χ4n) is 2.03. The first-order valence-electron chi connectivity index (χ1n) is 6.41. The van der Waals surface area contributed by atoms with E-state index < -0.39 is 15.8 Å². The quantitative estimate of drug-likeness (QED) is 0.810. The first-order chi connectivity index (χ1) is 9.87. The van der Waals surface area contributed by atoms with Crippen LogP contribution in [0.25, 0.3) is 0 Å². The fourth-order valence-corrected chi connectivity index (χ4v) is 3.84. The molecule has 0 spiro atoms. The van der Waals surface area contributed by atoms with Gasteiger partial charge in [0.1, 0.15) is 5.82 Å². The third kappa shape index (κ3) is 3.11. The smallest absolute Gasteiger partial charge is 0.264 e. The van der Waals surface area contributed by atoms with Crippen molar-refractivity contribution in [3.8, 4) is 0 Å². The second kappa shape index (κ2) is 6.15. The van der Waals surface area contributed by atoms with Crippen LogP contribution in [0.2, 0.25) is 0 Å². The molecule has 0 atom stereocenters. The van der Waals surface area contributed by atoms with Crippen LogP contribution in [-0.2, 0) is 10.0 Å². The molecule has 0 radical (unpaired) electrons. The van der Waals surface area contributed by atoms with Gasteiger partial charge in [-0.2, -0.15) is 0 Å². The molecule has 0 aromatic heterocycles. The Morgan fingerprint density at radius 3 is 2.43 bits per heavy atom. The number of aryl methyl sites for hydroxylation is 1. The first-order valence-corrected chi connectivity index (χ1v) is 8.64. The molecule has 3 nitrogen and oxygen atoms in total. The Morgan fingerprint density at radius 1 is 1.19 bits per heavy atom. The molecule has 0 fully saturated rings. The highest BCUT2D eigenvalue weighted by atomic mass is 79.9. The fraction of sp³-hybridized carbons (Fsp3) is 0.200. The van der Waals surface area contributed by atoms with Gasteiger partial charge >= 0.3 is 0 Å². The average Bonchev–Trinajstić information content (AvgIpc) is 2.44. The Morgan fingerprint density at radius 2 is 1.86 bits per heavy atom. The zero-order valence-corrected chi connectivity index (χ0v) is 14.1. The Hall–Kier alpha value is -1.40. The standard InChI is InChI=1S/C15H15BrFNO2S/c1-3-18(15-7-5-4-6-14(15)17)21(19,20)12-8-9-13(16)11(2)10-12/h4-10H,3H2,1-2H3. The van der Waals surface area contributed by atoms with Gasteiger partial charge in [0.15, 0.2) is 0 Å². The van der Waals surface area contributed by atoms with Crippen molar-refractivity contribution >= 4 is 31.6 Å². The highest BCUT2D eigenvalue weighted by molar-refractivity contribution is 9.10. The number of benzene rings is 2. The molecule has 0 aliphatic carbocycles. The van der Waals surface area contributed by atoms with E-state index in [0.29, 0.717) is 0 Å². The van der Waals surface area contributed by atoms with Crippen LogP contribution in [0.4, 0.5) is 10.1 Å². The number of para-hydroxylation sites is 1. The Labute approximate surface area is 132 Å². The number of nitrogens with zero attached hydrogens (tertiary/aromatic N) is 1. The van der Waals surface area contributed by atoms with Crippen LogP contribution in [0.3, 0.4) is 0 Å². The topological polar surface area (TPSA) is 37.4 Å². The SMILES string of the molecule is CCN(c1ccccc1F)S(=O)(=O)c1ccc(Br)c(C)c1. The highest BCUT2D eigenvalue weighted by Crippen LogP contribution is 2.27. The van der Waals surface area contributed by atoms with E-state index >= 15 is 0 Å². The van der Waals surface area contributed by atoms with Crippen LogP contribution in [0.15, 0.2) is 51.8 Å². The van der Waals surface area contributed by atoms with E-state index in [1.807, 2.05) is 6.92 Å². The summed E-state index contributed by atoms with van der Waals surface area (Å²) in [6.45, 7) is 3.64. The summed E-state index contributed by atoms with van der Waals surface area (Å²) in [5.41, 5.74) is 0.862. The Bertz CT molecular complexity index is 762. The van der Waals surface area contributed by atoms with Crippen molar-refractivity contribution < 1.29 is 12.8 Å². The Balaban J connectivity index is 2.55. The van der Waals surface area contributed by atoms with Gasteiger partial charge in [-0.25, -0.2) is 12.8 Å². The second-order valence-electron chi connectivity index (χ2n) is 4.53. The predicted molar refractivity (Wildman–Crippen MR) is 85.5 cm³/mol. The van der Waals surface area contributed by atoms with Gasteiger partial charge in [0, 0.05) is 11.0 Å². The van der Waals surface area contributed by atoms with Gasteiger partial charge in [0.25, 0.3) is 10.0 Å².